The maximum atomic E-state index is 13.1. The van der Waals surface area contributed by atoms with E-state index < -0.39 is 5.41 Å². The molecule has 4 bridgehead atoms. The summed E-state index contributed by atoms with van der Waals surface area (Å²) in [5.74, 6) is 3.28. The van der Waals surface area contributed by atoms with Gasteiger partial charge >= 0.3 is 0 Å². The van der Waals surface area contributed by atoms with E-state index in [0.29, 0.717) is 113 Å². The second-order valence-electron chi connectivity index (χ2n) is 14.8. The Morgan fingerprint density at radius 2 is 1.03 bits per heavy atom. The zero-order valence-corrected chi connectivity index (χ0v) is 35.9. The lowest BCUT2D eigenvalue weighted by Gasteiger charge is -2.70. The van der Waals surface area contributed by atoms with Crippen LogP contribution < -0.4 is 16.0 Å². The quantitative estimate of drug-likeness (QED) is 0.0666. The van der Waals surface area contributed by atoms with Crippen LogP contribution in [0.3, 0.4) is 0 Å². The molecule has 7 atom stereocenters. The molecule has 0 aromatic heterocycles. The van der Waals surface area contributed by atoms with Gasteiger partial charge in [-0.05, 0) is 53.1 Å². The first-order valence-electron chi connectivity index (χ1n) is 20.2. The number of alkyl halides is 3. The maximum Gasteiger partial charge on any atom is 0.251 e. The van der Waals surface area contributed by atoms with Crippen LogP contribution in [0.2, 0.25) is 0 Å². The van der Waals surface area contributed by atoms with E-state index in [-0.39, 0.29) is 42.7 Å². The van der Waals surface area contributed by atoms with E-state index >= 15 is 0 Å². The lowest BCUT2D eigenvalue weighted by molar-refractivity contribution is -0.288. The number of nitrogens with one attached hydrogen (secondary N) is 3. The summed E-state index contributed by atoms with van der Waals surface area (Å²) in [5, 5.41) is 8.74. The minimum atomic E-state index is -0.400. The number of benzene rings is 3. The summed E-state index contributed by atoms with van der Waals surface area (Å²) in [7, 11) is 0. The Morgan fingerprint density at radius 1 is 0.600 bits per heavy atom. The Kier molecular flexibility index (Phi) is 17.4. The molecule has 4 aliphatic heterocycles. The number of carbonyl (C=O) groups excluding carboxylic acids is 3. The van der Waals surface area contributed by atoms with Crippen LogP contribution in [0.5, 0.6) is 0 Å². The summed E-state index contributed by atoms with van der Waals surface area (Å²) in [6.45, 7) is 6.14. The molecule has 322 valence electrons. The van der Waals surface area contributed by atoms with Crippen LogP contribution in [0.1, 0.15) is 66.1 Å². The molecule has 0 saturated carbocycles. The molecule has 3 N–H and O–H groups in total. The molecular formula is C44H53Cl3N6O7. The predicted molar refractivity (Wildman–Crippen MR) is 231 cm³/mol. The Hall–Kier alpha value is -3.78. The van der Waals surface area contributed by atoms with E-state index in [1.807, 2.05) is 72.8 Å². The molecular weight excluding hydrogens is 831 g/mol. The van der Waals surface area contributed by atoms with Crippen molar-refractivity contribution in [1.29, 1.82) is 0 Å². The van der Waals surface area contributed by atoms with Gasteiger partial charge in [0.25, 0.3) is 17.7 Å². The molecule has 4 heterocycles. The minimum Gasteiger partial charge on any atom is -0.378 e. The van der Waals surface area contributed by atoms with Gasteiger partial charge in [0, 0.05) is 78.5 Å². The summed E-state index contributed by atoms with van der Waals surface area (Å²) < 4.78 is 22.4. The van der Waals surface area contributed by atoms with Crippen molar-refractivity contribution in [3.05, 3.63) is 106 Å². The molecule has 0 aliphatic carbocycles. The van der Waals surface area contributed by atoms with E-state index in [0.717, 1.165) is 23.2 Å². The van der Waals surface area contributed by atoms with Crippen molar-refractivity contribution < 1.29 is 33.3 Å². The Bertz CT molecular complexity index is 1900. The van der Waals surface area contributed by atoms with Crippen molar-refractivity contribution in [3.8, 4) is 12.3 Å². The molecule has 16 heteroatoms. The van der Waals surface area contributed by atoms with Gasteiger partial charge in [-0.15, -0.1) is 41.2 Å². The van der Waals surface area contributed by atoms with Gasteiger partial charge in [-0.25, -0.2) is 0 Å². The predicted octanol–water partition coefficient (Wildman–Crippen LogP) is 4.62. The number of nitrogens with zero attached hydrogens (tertiary/aromatic N) is 3. The summed E-state index contributed by atoms with van der Waals surface area (Å²) in [6, 6.07) is 23.2. The normalized spacial score (nSPS) is 23.8. The molecule has 4 aliphatic rings. The van der Waals surface area contributed by atoms with Gasteiger partial charge in [0.15, 0.2) is 0 Å². The average Bonchev–Trinajstić information content (AvgIpc) is 3.26. The number of carbonyl (C=O) groups is 3. The first kappa shape index (κ1) is 45.7. The third-order valence-electron chi connectivity index (χ3n) is 10.8. The van der Waals surface area contributed by atoms with Crippen LogP contribution in [0.25, 0.3) is 0 Å². The fourth-order valence-electron chi connectivity index (χ4n) is 8.50. The van der Waals surface area contributed by atoms with Crippen molar-refractivity contribution in [2.45, 2.75) is 18.4 Å². The zero-order valence-electron chi connectivity index (χ0n) is 33.6. The van der Waals surface area contributed by atoms with Crippen LogP contribution in [0, 0.1) is 17.8 Å². The third kappa shape index (κ3) is 11.2. The SMILES string of the molecule is C#CCOC[C@]12CN3CN(C(c4ccc(C(=O)NCCOCCCl)cc4)N(C1)C3c1ccc(C(=O)NCCOCCCl)cc1)C2c1ccc(C(=O)NCCOCCCl)cc1. The summed E-state index contributed by atoms with van der Waals surface area (Å²) >= 11 is 17.1. The molecule has 0 spiro atoms. The highest BCUT2D eigenvalue weighted by atomic mass is 35.5. The highest BCUT2D eigenvalue weighted by Gasteiger charge is 2.62. The van der Waals surface area contributed by atoms with Crippen LogP contribution in [-0.4, -0.2) is 142 Å². The molecule has 4 fully saturated rings. The standard InChI is InChI=1S/C44H53Cl3N6O7/c1-2-21-60-30-44-28-51-31-53(38(44)32-3-5-33(6-4-32)39(54)48-18-25-57-22-15-45)43(37-13-9-35(10-14-37)41(56)50-20-27-59-24-17-47)52(29-44)42(51)36-11-7-34(8-12-36)40(55)49-19-26-58-23-16-46/h1,3-14,38,42-43H,15-31H2,(H,48,54)(H,49,55)(H,50,56)/t38?,42?,43?,44-/m0/s1. The van der Waals surface area contributed by atoms with E-state index in [2.05, 4.69) is 36.6 Å². The Balaban J connectivity index is 1.29. The van der Waals surface area contributed by atoms with Gasteiger partial charge < -0.3 is 34.9 Å². The Labute approximate surface area is 367 Å². The summed E-state index contributed by atoms with van der Waals surface area (Å²) in [6.07, 6.45) is 5.35. The van der Waals surface area contributed by atoms with E-state index in [1.165, 1.54) is 0 Å². The van der Waals surface area contributed by atoms with E-state index in [4.69, 9.17) is 60.2 Å². The van der Waals surface area contributed by atoms with Gasteiger partial charge in [-0.3, -0.25) is 29.1 Å². The van der Waals surface area contributed by atoms with Gasteiger partial charge in [0.2, 0.25) is 0 Å². The number of ether oxygens (including phenoxy) is 4. The fourth-order valence-corrected chi connectivity index (χ4v) is 8.83. The second-order valence-corrected chi connectivity index (χ2v) is 16.0. The molecule has 3 aromatic rings. The molecule has 6 unspecified atom stereocenters. The minimum absolute atomic E-state index is 0.106. The highest BCUT2D eigenvalue weighted by molar-refractivity contribution is 6.18. The zero-order chi connectivity index (χ0) is 42.3. The molecule has 13 nitrogen and oxygen atoms in total. The molecule has 60 heavy (non-hydrogen) atoms. The van der Waals surface area contributed by atoms with Crippen LogP contribution in [0.15, 0.2) is 72.8 Å². The van der Waals surface area contributed by atoms with Crippen molar-refractivity contribution in [2.75, 3.05) is 110 Å². The molecule has 3 aromatic carbocycles. The van der Waals surface area contributed by atoms with Crippen molar-refractivity contribution >= 4 is 52.5 Å². The molecule has 3 amide bonds. The first-order chi connectivity index (χ1) is 29.3. The lowest BCUT2D eigenvalue weighted by atomic mass is 9.69. The van der Waals surface area contributed by atoms with Crippen LogP contribution >= 0.6 is 34.8 Å². The topological polar surface area (TPSA) is 134 Å². The largest absolute Gasteiger partial charge is 0.378 e. The third-order valence-corrected chi connectivity index (χ3v) is 11.3. The Morgan fingerprint density at radius 3 is 1.47 bits per heavy atom. The number of terminal acetylenes is 1. The smallest absolute Gasteiger partial charge is 0.251 e. The molecule has 0 radical (unpaired) electrons. The molecule has 7 rings (SSSR count). The lowest BCUT2D eigenvalue weighted by Crippen LogP contribution is -2.75. The second kappa shape index (κ2) is 22.9. The molecule has 4 saturated heterocycles. The number of hydrogen-bond acceptors (Lipinski definition) is 10. The average molecular weight is 884 g/mol. The number of halogens is 3. The highest BCUT2D eigenvalue weighted by Crippen LogP contribution is 2.59. The van der Waals surface area contributed by atoms with Crippen molar-refractivity contribution in [2.24, 2.45) is 5.41 Å². The number of rotatable bonds is 24. The van der Waals surface area contributed by atoms with Crippen LogP contribution in [0.4, 0.5) is 0 Å². The first-order valence-corrected chi connectivity index (χ1v) is 21.8. The fraction of sp³-hybridized carbons (Fsp3) is 0.477. The van der Waals surface area contributed by atoms with E-state index in [1.54, 1.807) is 0 Å². The maximum absolute atomic E-state index is 13.1. The number of hydrogen-bond donors (Lipinski definition) is 3. The summed E-state index contributed by atoms with van der Waals surface area (Å²) in [5.41, 5.74) is 4.37. The van der Waals surface area contributed by atoms with Crippen LogP contribution in [-0.2, 0) is 18.9 Å². The van der Waals surface area contributed by atoms with Gasteiger partial charge in [0.1, 0.15) is 6.61 Å². The monoisotopic (exact) mass is 882 g/mol. The van der Waals surface area contributed by atoms with Crippen molar-refractivity contribution in [3.63, 3.8) is 0 Å². The van der Waals surface area contributed by atoms with E-state index in [9.17, 15) is 14.4 Å². The van der Waals surface area contributed by atoms with Gasteiger partial charge in [-0.1, -0.05) is 42.3 Å². The van der Waals surface area contributed by atoms with Gasteiger partial charge in [0.05, 0.1) is 65.2 Å². The van der Waals surface area contributed by atoms with Crippen molar-refractivity contribution in [1.82, 2.24) is 30.7 Å². The van der Waals surface area contributed by atoms with Gasteiger partial charge in [-0.2, -0.15) is 0 Å². The number of amides is 3. The summed E-state index contributed by atoms with van der Waals surface area (Å²) in [4.78, 5) is 46.5.